The van der Waals surface area contributed by atoms with E-state index < -0.39 is 10.0 Å². The van der Waals surface area contributed by atoms with Crippen molar-refractivity contribution in [3.63, 3.8) is 0 Å². The highest BCUT2D eigenvalue weighted by atomic mass is 32.2. The molecule has 0 bridgehead atoms. The van der Waals surface area contributed by atoms with Crippen LogP contribution in [0.4, 0.5) is 0 Å². The van der Waals surface area contributed by atoms with Gasteiger partial charge in [0.05, 0.1) is 4.90 Å². The number of sulfonamides is 1. The molecule has 0 radical (unpaired) electrons. The lowest BCUT2D eigenvalue weighted by molar-refractivity contribution is 0.0737. The predicted molar refractivity (Wildman–Crippen MR) is 90.2 cm³/mol. The van der Waals surface area contributed by atoms with E-state index in [9.17, 15) is 13.2 Å². The largest absolute Gasteiger partial charge is 0.334 e. The summed E-state index contributed by atoms with van der Waals surface area (Å²) in [4.78, 5) is 14.9. The van der Waals surface area contributed by atoms with Crippen LogP contribution in [-0.4, -0.2) is 50.9 Å². The molecule has 2 aliphatic heterocycles. The van der Waals surface area contributed by atoms with Crippen LogP contribution in [0.1, 0.15) is 36.0 Å². The number of carbonyl (C=O) groups is 1. The van der Waals surface area contributed by atoms with Gasteiger partial charge in [-0.1, -0.05) is 6.42 Å². The van der Waals surface area contributed by atoms with Crippen molar-refractivity contribution in [1.82, 2.24) is 14.9 Å². The van der Waals surface area contributed by atoms with E-state index in [0.717, 1.165) is 45.3 Å². The van der Waals surface area contributed by atoms with Crippen molar-refractivity contribution in [1.29, 1.82) is 0 Å². The number of likely N-dealkylation sites (tertiary alicyclic amines) is 1. The summed E-state index contributed by atoms with van der Waals surface area (Å²) in [5.41, 5.74) is 0.560. The predicted octanol–water partition coefficient (Wildman–Crippen LogP) is 0.951. The number of hydrogen-bond acceptors (Lipinski definition) is 4. The normalized spacial score (nSPS) is 27.1. The molecule has 2 saturated heterocycles. The number of rotatable bonds is 4. The number of amides is 1. The smallest absolute Gasteiger partial charge is 0.254 e. The molecular formula is C17H23N3O3S. The Hall–Kier alpha value is -1.44. The number of carbonyl (C=O) groups excluding carboxylic acids is 1. The van der Waals surface area contributed by atoms with Crippen LogP contribution in [0.2, 0.25) is 0 Å². The number of nitrogens with one attached hydrogen (secondary N) is 2. The Morgan fingerprint density at radius 3 is 2.54 bits per heavy atom. The molecule has 2 atom stereocenters. The highest BCUT2D eigenvalue weighted by Gasteiger charge is 2.40. The van der Waals surface area contributed by atoms with Crippen LogP contribution >= 0.6 is 0 Å². The van der Waals surface area contributed by atoms with Gasteiger partial charge in [0, 0.05) is 37.3 Å². The van der Waals surface area contributed by atoms with Crippen molar-refractivity contribution in [2.24, 2.45) is 5.92 Å². The average molecular weight is 349 g/mol. The van der Waals surface area contributed by atoms with E-state index in [1.165, 1.54) is 12.1 Å². The van der Waals surface area contributed by atoms with E-state index in [0.29, 0.717) is 11.5 Å². The molecule has 4 rings (SSSR count). The van der Waals surface area contributed by atoms with Crippen LogP contribution < -0.4 is 10.0 Å². The van der Waals surface area contributed by atoms with Gasteiger partial charge in [0.2, 0.25) is 10.0 Å². The molecule has 0 aromatic heterocycles. The first kappa shape index (κ1) is 16.1. The van der Waals surface area contributed by atoms with E-state index in [4.69, 9.17) is 0 Å². The van der Waals surface area contributed by atoms with E-state index in [1.54, 1.807) is 12.1 Å². The fourth-order valence-corrected chi connectivity index (χ4v) is 5.16. The van der Waals surface area contributed by atoms with Crippen LogP contribution in [0.25, 0.3) is 0 Å². The summed E-state index contributed by atoms with van der Waals surface area (Å²) in [6, 6.07) is 6.68. The molecule has 130 valence electrons. The minimum atomic E-state index is -3.48. The Balaban J connectivity index is 1.48. The molecule has 3 aliphatic rings. The van der Waals surface area contributed by atoms with E-state index in [1.807, 2.05) is 4.90 Å². The monoisotopic (exact) mass is 349 g/mol. The quantitative estimate of drug-likeness (QED) is 0.848. The lowest BCUT2D eigenvalue weighted by atomic mass is 9.94. The van der Waals surface area contributed by atoms with E-state index >= 15 is 0 Å². The van der Waals surface area contributed by atoms with Gasteiger partial charge in [0.1, 0.15) is 0 Å². The van der Waals surface area contributed by atoms with E-state index in [2.05, 4.69) is 10.0 Å². The number of hydrogen-bond donors (Lipinski definition) is 2. The Morgan fingerprint density at radius 1 is 1.12 bits per heavy atom. The third-order valence-electron chi connectivity index (χ3n) is 5.54. The van der Waals surface area contributed by atoms with Gasteiger partial charge in [-0.2, -0.15) is 0 Å². The van der Waals surface area contributed by atoms with Gasteiger partial charge >= 0.3 is 0 Å². The Morgan fingerprint density at radius 2 is 1.88 bits per heavy atom. The minimum absolute atomic E-state index is 0.00194. The van der Waals surface area contributed by atoms with Crippen LogP contribution in [-0.2, 0) is 10.0 Å². The fourth-order valence-electron chi connectivity index (χ4n) is 3.86. The topological polar surface area (TPSA) is 78.5 Å². The highest BCUT2D eigenvalue weighted by Crippen LogP contribution is 2.28. The molecule has 2 heterocycles. The summed E-state index contributed by atoms with van der Waals surface area (Å²) in [7, 11) is -3.48. The highest BCUT2D eigenvalue weighted by molar-refractivity contribution is 7.89. The van der Waals surface area contributed by atoms with Crippen molar-refractivity contribution in [2.75, 3.05) is 19.6 Å². The second kappa shape index (κ2) is 6.13. The maximum atomic E-state index is 12.7. The third kappa shape index (κ3) is 2.85. The molecule has 1 aromatic rings. The first-order valence-electron chi connectivity index (χ1n) is 8.69. The lowest BCUT2D eigenvalue weighted by Gasteiger charge is -2.26. The van der Waals surface area contributed by atoms with Crippen molar-refractivity contribution < 1.29 is 13.2 Å². The fraction of sp³-hybridized carbons (Fsp3) is 0.588. The third-order valence-corrected chi connectivity index (χ3v) is 7.08. The summed E-state index contributed by atoms with van der Waals surface area (Å²) >= 11 is 0. The molecule has 2 N–H and O–H groups in total. The molecule has 0 unspecified atom stereocenters. The van der Waals surface area contributed by atoms with Crippen LogP contribution in [0.5, 0.6) is 0 Å². The van der Waals surface area contributed by atoms with Gasteiger partial charge in [0.25, 0.3) is 5.91 Å². The van der Waals surface area contributed by atoms with Crippen LogP contribution in [0.15, 0.2) is 29.2 Å². The van der Waals surface area contributed by atoms with Crippen molar-refractivity contribution in [2.45, 2.75) is 42.7 Å². The zero-order valence-corrected chi connectivity index (χ0v) is 14.4. The summed E-state index contributed by atoms with van der Waals surface area (Å²) in [6.07, 6.45) is 3.93. The first-order valence-corrected chi connectivity index (χ1v) is 10.2. The molecule has 0 spiro atoms. The summed E-state index contributed by atoms with van der Waals surface area (Å²) in [5.74, 6) is 0.558. The van der Waals surface area contributed by atoms with Crippen LogP contribution in [0.3, 0.4) is 0 Å². The Labute approximate surface area is 142 Å². The van der Waals surface area contributed by atoms with Crippen LogP contribution in [0, 0.1) is 5.92 Å². The summed E-state index contributed by atoms with van der Waals surface area (Å²) in [5, 5.41) is 3.34. The first-order chi connectivity index (χ1) is 11.5. The number of fused-ring (bicyclic) bond motifs is 1. The molecule has 24 heavy (non-hydrogen) atoms. The number of nitrogens with zero attached hydrogens (tertiary/aromatic N) is 1. The van der Waals surface area contributed by atoms with Crippen molar-refractivity contribution >= 4 is 15.9 Å². The van der Waals surface area contributed by atoms with Gasteiger partial charge in [0.15, 0.2) is 0 Å². The zero-order chi connectivity index (χ0) is 16.7. The second-order valence-electron chi connectivity index (χ2n) is 7.05. The maximum absolute atomic E-state index is 12.7. The van der Waals surface area contributed by atoms with Crippen molar-refractivity contribution in [3.8, 4) is 0 Å². The minimum Gasteiger partial charge on any atom is -0.334 e. The van der Waals surface area contributed by atoms with Gasteiger partial charge in [-0.15, -0.1) is 0 Å². The van der Waals surface area contributed by atoms with Crippen molar-refractivity contribution in [3.05, 3.63) is 29.8 Å². The second-order valence-corrected chi connectivity index (χ2v) is 8.76. The van der Waals surface area contributed by atoms with Gasteiger partial charge < -0.3 is 10.2 Å². The molecule has 1 saturated carbocycles. The SMILES string of the molecule is O=C(c1ccc(S(=O)(=O)NC2CCC2)cc1)N1CC[C@@H]2CNC[C@@H]21. The lowest BCUT2D eigenvalue weighted by Crippen LogP contribution is -2.39. The Kier molecular flexibility index (Phi) is 4.10. The standard InChI is InChI=1S/C17H23N3O3S/c21-17(20-9-8-13-10-18-11-16(13)20)12-4-6-15(7-5-12)24(22,23)19-14-2-1-3-14/h4-7,13-14,16,18-19H,1-3,8-11H2/t13-,16+/m1/s1. The van der Waals surface area contributed by atoms with Gasteiger partial charge in [-0.3, -0.25) is 4.79 Å². The van der Waals surface area contributed by atoms with Gasteiger partial charge in [-0.05, 0) is 49.4 Å². The molecule has 7 heteroatoms. The summed E-state index contributed by atoms with van der Waals surface area (Å²) in [6.45, 7) is 2.63. The Bertz CT molecular complexity index is 728. The van der Waals surface area contributed by atoms with Gasteiger partial charge in [-0.25, -0.2) is 13.1 Å². The van der Waals surface area contributed by atoms with E-state index in [-0.39, 0.29) is 22.9 Å². The zero-order valence-electron chi connectivity index (χ0n) is 13.6. The molecule has 3 fully saturated rings. The average Bonchev–Trinajstić information content (AvgIpc) is 3.14. The molecule has 6 nitrogen and oxygen atoms in total. The molecule has 1 aliphatic carbocycles. The maximum Gasteiger partial charge on any atom is 0.254 e. The molecule has 1 amide bonds. The molecule has 1 aromatic carbocycles. The molecular weight excluding hydrogens is 326 g/mol. The summed E-state index contributed by atoms with van der Waals surface area (Å²) < 4.78 is 27.3. The number of benzene rings is 1.